The number of hydrogen-bond acceptors (Lipinski definition) is 6. The van der Waals surface area contributed by atoms with E-state index in [0.29, 0.717) is 6.61 Å². The minimum Gasteiger partial charge on any atom is -0.394 e. The molecule has 6 nitrogen and oxygen atoms in total. The van der Waals surface area contributed by atoms with E-state index in [1.54, 1.807) is 0 Å². The molecule has 1 fully saturated rings. The fourth-order valence-corrected chi connectivity index (χ4v) is 6.00. The lowest BCUT2D eigenvalue weighted by atomic mass is 9.99. The second-order valence-electron chi connectivity index (χ2n) is 9.41. The van der Waals surface area contributed by atoms with Gasteiger partial charge in [-0.1, -0.05) is 90.3 Å². The van der Waals surface area contributed by atoms with Gasteiger partial charge >= 0.3 is 0 Å². The molecule has 29 heavy (non-hydrogen) atoms. The Hall–Kier alpha value is -0.0231. The summed E-state index contributed by atoms with van der Waals surface area (Å²) in [6.07, 6.45) is 7.56. The summed E-state index contributed by atoms with van der Waals surface area (Å²) in [5, 5.41) is 38.9. The van der Waals surface area contributed by atoms with Crippen molar-refractivity contribution in [3.05, 3.63) is 0 Å². The highest BCUT2D eigenvalue weighted by atomic mass is 28.3. The lowest BCUT2D eigenvalue weighted by molar-refractivity contribution is -0.300. The molecular weight excluding hydrogens is 388 g/mol. The van der Waals surface area contributed by atoms with Crippen LogP contribution in [0.2, 0.25) is 25.2 Å². The molecule has 1 heterocycles. The van der Waals surface area contributed by atoms with Crippen LogP contribution in [0.15, 0.2) is 0 Å². The first-order valence-corrected chi connectivity index (χ1v) is 15.2. The molecule has 0 bridgehead atoms. The van der Waals surface area contributed by atoms with Crippen molar-refractivity contribution in [1.82, 2.24) is 0 Å². The summed E-state index contributed by atoms with van der Waals surface area (Å²) in [5.74, 6) is 0. The van der Waals surface area contributed by atoms with Crippen LogP contribution in [0.1, 0.15) is 71.1 Å². The monoisotopic (exact) mass is 434 g/mol. The molecule has 1 rings (SSSR count). The summed E-state index contributed by atoms with van der Waals surface area (Å²) < 4.78 is 11.1. The lowest BCUT2D eigenvalue weighted by Crippen LogP contribution is -2.59. The molecule has 5 atom stereocenters. The largest absolute Gasteiger partial charge is 0.394 e. The third kappa shape index (κ3) is 10.7. The number of ether oxygens (including phenoxy) is 2. The summed E-state index contributed by atoms with van der Waals surface area (Å²) in [5.41, 5.74) is 0. The van der Waals surface area contributed by atoms with Crippen LogP contribution in [0, 0.1) is 0 Å². The Morgan fingerprint density at radius 3 is 1.86 bits per heavy atom. The van der Waals surface area contributed by atoms with Crippen LogP contribution in [0.3, 0.4) is 0 Å². The zero-order valence-corrected chi connectivity index (χ0v) is 19.9. The van der Waals surface area contributed by atoms with Gasteiger partial charge in [-0.2, -0.15) is 0 Å². The van der Waals surface area contributed by atoms with E-state index in [1.807, 2.05) is 0 Å². The van der Waals surface area contributed by atoms with Crippen LogP contribution < -0.4 is 0 Å². The zero-order chi connectivity index (χ0) is 21.7. The fraction of sp³-hybridized carbons (Fsp3) is 1.00. The first kappa shape index (κ1) is 27.0. The van der Waals surface area contributed by atoms with Crippen molar-refractivity contribution in [2.75, 3.05) is 13.2 Å². The van der Waals surface area contributed by atoms with Crippen molar-refractivity contribution < 1.29 is 29.9 Å². The Kier molecular flexibility index (Phi) is 13.9. The van der Waals surface area contributed by atoms with E-state index in [0.717, 1.165) is 6.04 Å². The highest BCUT2D eigenvalue weighted by molar-refractivity contribution is 6.77. The average molecular weight is 435 g/mol. The molecule has 0 aromatic heterocycles. The molecule has 1 saturated heterocycles. The van der Waals surface area contributed by atoms with Gasteiger partial charge in [-0.15, -0.1) is 0 Å². The molecule has 7 heteroatoms. The maximum atomic E-state index is 10.0. The SMILES string of the molecule is CCCCCCCCCCCC[Si](C)(C)CCO[C@@H]1O[C@H](CO)[C@H](O)[C@H](O)[C@H]1O. The van der Waals surface area contributed by atoms with Crippen molar-refractivity contribution >= 4 is 8.07 Å². The first-order chi connectivity index (χ1) is 13.8. The minimum absolute atomic E-state index is 0.427. The predicted octanol–water partition coefficient (Wildman–Crippen LogP) is 3.43. The van der Waals surface area contributed by atoms with Gasteiger partial charge in [0, 0.05) is 14.7 Å². The van der Waals surface area contributed by atoms with E-state index in [-0.39, 0.29) is 0 Å². The second-order valence-corrected chi connectivity index (χ2v) is 14.7. The molecule has 4 N–H and O–H groups in total. The summed E-state index contributed by atoms with van der Waals surface area (Å²) in [7, 11) is -1.38. The molecule has 1 aliphatic rings. The standard InChI is InChI=1S/C22H46O6Si/c1-4-5-6-7-8-9-10-11-12-13-15-29(2,3)16-14-27-22-21(26)20(25)19(24)18(17-23)28-22/h18-26H,4-17H2,1-3H3/t18-,19+,20+,21-,22-/m1/s1. The third-order valence-electron chi connectivity index (χ3n) is 6.12. The summed E-state index contributed by atoms with van der Waals surface area (Å²) in [4.78, 5) is 0. The van der Waals surface area contributed by atoms with Crippen LogP contribution in [0.25, 0.3) is 0 Å². The summed E-state index contributed by atoms with van der Waals surface area (Å²) in [6, 6.07) is 2.22. The van der Waals surface area contributed by atoms with E-state index in [4.69, 9.17) is 9.47 Å². The molecule has 0 amide bonds. The Morgan fingerprint density at radius 2 is 1.31 bits per heavy atom. The van der Waals surface area contributed by atoms with Gasteiger partial charge in [0.2, 0.25) is 0 Å². The number of unbranched alkanes of at least 4 members (excludes halogenated alkanes) is 9. The topological polar surface area (TPSA) is 99.4 Å². The van der Waals surface area contributed by atoms with Crippen LogP contribution >= 0.6 is 0 Å². The molecular formula is C22H46O6Si. The highest BCUT2D eigenvalue weighted by Gasteiger charge is 2.44. The number of hydrogen-bond donors (Lipinski definition) is 4. The van der Waals surface area contributed by atoms with Gasteiger partial charge in [0.1, 0.15) is 24.4 Å². The van der Waals surface area contributed by atoms with Crippen molar-refractivity contribution in [1.29, 1.82) is 0 Å². The van der Waals surface area contributed by atoms with Gasteiger partial charge in [0.25, 0.3) is 0 Å². The number of aliphatic hydroxyl groups is 4. The van der Waals surface area contributed by atoms with E-state index in [9.17, 15) is 20.4 Å². The Balaban J connectivity index is 2.12. The molecule has 0 aliphatic carbocycles. The van der Waals surface area contributed by atoms with E-state index in [2.05, 4.69) is 20.0 Å². The summed E-state index contributed by atoms with van der Waals surface area (Å²) >= 11 is 0. The molecule has 0 saturated carbocycles. The van der Waals surface area contributed by atoms with Gasteiger partial charge in [-0.25, -0.2) is 0 Å². The maximum Gasteiger partial charge on any atom is 0.186 e. The van der Waals surface area contributed by atoms with Crippen LogP contribution in [0.4, 0.5) is 0 Å². The first-order valence-electron chi connectivity index (χ1n) is 11.7. The van der Waals surface area contributed by atoms with Crippen molar-refractivity contribution in [3.8, 4) is 0 Å². The van der Waals surface area contributed by atoms with Gasteiger partial charge in [-0.05, 0) is 6.04 Å². The van der Waals surface area contributed by atoms with Gasteiger partial charge in [0.05, 0.1) is 6.61 Å². The highest BCUT2D eigenvalue weighted by Crippen LogP contribution is 2.24. The second kappa shape index (κ2) is 14.9. The minimum atomic E-state index is -1.38. The van der Waals surface area contributed by atoms with E-state index in [1.165, 1.54) is 70.3 Å². The molecule has 174 valence electrons. The zero-order valence-electron chi connectivity index (χ0n) is 18.9. The van der Waals surface area contributed by atoms with Crippen LogP contribution in [-0.4, -0.2) is 72.4 Å². The van der Waals surface area contributed by atoms with Gasteiger partial charge < -0.3 is 29.9 Å². The van der Waals surface area contributed by atoms with E-state index >= 15 is 0 Å². The smallest absolute Gasteiger partial charge is 0.186 e. The molecule has 0 radical (unpaired) electrons. The number of aliphatic hydroxyl groups excluding tert-OH is 4. The Bertz CT molecular complexity index is 407. The van der Waals surface area contributed by atoms with Crippen molar-refractivity contribution in [3.63, 3.8) is 0 Å². The quantitative estimate of drug-likeness (QED) is 0.219. The summed E-state index contributed by atoms with van der Waals surface area (Å²) in [6.45, 7) is 7.00. The third-order valence-corrected chi connectivity index (χ3v) is 9.38. The van der Waals surface area contributed by atoms with Gasteiger partial charge in [-0.3, -0.25) is 0 Å². The maximum absolute atomic E-state index is 10.0. The fourth-order valence-electron chi connectivity index (χ4n) is 3.87. The average Bonchev–Trinajstić information content (AvgIpc) is 2.69. The molecule has 0 aromatic rings. The molecule has 0 unspecified atom stereocenters. The molecule has 0 aromatic carbocycles. The van der Waals surface area contributed by atoms with Crippen LogP contribution in [0.5, 0.6) is 0 Å². The number of rotatable bonds is 16. The predicted molar refractivity (Wildman–Crippen MR) is 119 cm³/mol. The molecule has 1 aliphatic heterocycles. The van der Waals surface area contributed by atoms with Crippen molar-refractivity contribution in [2.45, 2.75) is 127 Å². The molecule has 0 spiro atoms. The lowest BCUT2D eigenvalue weighted by Gasteiger charge is -2.39. The van der Waals surface area contributed by atoms with Gasteiger partial charge in [0.15, 0.2) is 6.29 Å². The Labute approximate surface area is 178 Å². The van der Waals surface area contributed by atoms with E-state index < -0.39 is 45.4 Å². The normalized spacial score (nSPS) is 28.0. The van der Waals surface area contributed by atoms with Crippen molar-refractivity contribution in [2.24, 2.45) is 0 Å². The Morgan fingerprint density at radius 1 is 0.759 bits per heavy atom. The van der Waals surface area contributed by atoms with Crippen LogP contribution in [-0.2, 0) is 9.47 Å².